The quantitative estimate of drug-likeness (QED) is 0.498. The van der Waals surface area contributed by atoms with Crippen LogP contribution in [0.25, 0.3) is 10.6 Å². The molecule has 9 heteroatoms. The molecule has 0 saturated carbocycles. The molecule has 0 amide bonds. The minimum absolute atomic E-state index is 0.0191. The Labute approximate surface area is 160 Å². The van der Waals surface area contributed by atoms with Crippen LogP contribution in [0.15, 0.2) is 53.4 Å². The van der Waals surface area contributed by atoms with Crippen molar-refractivity contribution >= 4 is 27.0 Å². The fraction of sp³-hybridized carbons (Fsp3) is 0.167. The highest BCUT2D eigenvalue weighted by Crippen LogP contribution is 2.30. The number of nitro benzene ring substituents is 1. The first kappa shape index (κ1) is 19.2. The summed E-state index contributed by atoms with van der Waals surface area (Å²) < 4.78 is 27.4. The SMILES string of the molecule is Cc1ccccc1-c1nc(C)c(CNS(=O)(=O)c2ccc([N+](=O)[O-])cc2)s1. The minimum atomic E-state index is -3.77. The number of non-ortho nitro benzene ring substituents is 1. The summed E-state index contributed by atoms with van der Waals surface area (Å²) in [5, 5.41) is 11.5. The molecule has 0 spiro atoms. The number of nitrogens with one attached hydrogen (secondary N) is 1. The van der Waals surface area contributed by atoms with Crippen LogP contribution in [0.3, 0.4) is 0 Å². The summed E-state index contributed by atoms with van der Waals surface area (Å²) in [4.78, 5) is 15.5. The predicted octanol–water partition coefficient (Wildman–Crippen LogP) is 3.81. The molecule has 3 rings (SSSR count). The van der Waals surface area contributed by atoms with Gasteiger partial charge in [0.05, 0.1) is 15.5 Å². The summed E-state index contributed by atoms with van der Waals surface area (Å²) in [6.07, 6.45) is 0. The summed E-state index contributed by atoms with van der Waals surface area (Å²) >= 11 is 1.44. The maximum atomic E-state index is 12.4. The maximum absolute atomic E-state index is 12.4. The van der Waals surface area contributed by atoms with Gasteiger partial charge in [0.15, 0.2) is 0 Å². The van der Waals surface area contributed by atoms with Crippen molar-refractivity contribution in [1.29, 1.82) is 0 Å². The molecule has 0 fully saturated rings. The van der Waals surface area contributed by atoms with Gasteiger partial charge in [-0.3, -0.25) is 10.1 Å². The van der Waals surface area contributed by atoms with Gasteiger partial charge in [-0.15, -0.1) is 11.3 Å². The summed E-state index contributed by atoms with van der Waals surface area (Å²) in [6.45, 7) is 3.95. The summed E-state index contributed by atoms with van der Waals surface area (Å²) in [7, 11) is -3.77. The van der Waals surface area contributed by atoms with Crippen LogP contribution in [0.1, 0.15) is 16.1 Å². The number of rotatable bonds is 6. The maximum Gasteiger partial charge on any atom is 0.269 e. The second-order valence-corrected chi connectivity index (χ2v) is 8.77. The lowest BCUT2D eigenvalue weighted by atomic mass is 10.1. The van der Waals surface area contributed by atoms with Crippen LogP contribution in [0, 0.1) is 24.0 Å². The van der Waals surface area contributed by atoms with E-state index in [0.717, 1.165) is 26.7 Å². The first-order chi connectivity index (χ1) is 12.8. The van der Waals surface area contributed by atoms with E-state index in [1.165, 1.54) is 35.6 Å². The van der Waals surface area contributed by atoms with Crippen molar-refractivity contribution in [2.45, 2.75) is 25.3 Å². The highest BCUT2D eigenvalue weighted by molar-refractivity contribution is 7.89. The molecule has 27 heavy (non-hydrogen) atoms. The molecule has 1 heterocycles. The van der Waals surface area contributed by atoms with Crippen LogP contribution < -0.4 is 4.72 Å². The van der Waals surface area contributed by atoms with Gasteiger partial charge in [0, 0.05) is 29.1 Å². The molecule has 0 unspecified atom stereocenters. The highest BCUT2D eigenvalue weighted by atomic mass is 32.2. The number of thiazole rings is 1. The zero-order chi connectivity index (χ0) is 19.6. The van der Waals surface area contributed by atoms with E-state index >= 15 is 0 Å². The van der Waals surface area contributed by atoms with Crippen LogP contribution in [0.2, 0.25) is 0 Å². The molecule has 0 radical (unpaired) electrons. The molecule has 0 bridgehead atoms. The van der Waals surface area contributed by atoms with Crippen molar-refractivity contribution in [3.8, 4) is 10.6 Å². The van der Waals surface area contributed by atoms with Crippen LogP contribution in [0.4, 0.5) is 5.69 Å². The molecule has 0 saturated heterocycles. The Morgan fingerprint density at radius 2 is 1.78 bits per heavy atom. The average Bonchev–Trinajstić information content (AvgIpc) is 3.01. The van der Waals surface area contributed by atoms with Gasteiger partial charge in [-0.2, -0.15) is 0 Å². The van der Waals surface area contributed by atoms with Crippen LogP contribution in [0.5, 0.6) is 0 Å². The molecule has 0 aliphatic heterocycles. The van der Waals surface area contributed by atoms with E-state index in [1.807, 2.05) is 38.1 Å². The Balaban J connectivity index is 1.78. The van der Waals surface area contributed by atoms with E-state index in [0.29, 0.717) is 0 Å². The Hall–Kier alpha value is -2.62. The number of sulfonamides is 1. The van der Waals surface area contributed by atoms with Gasteiger partial charge in [0.2, 0.25) is 10.0 Å². The molecule has 0 atom stereocenters. The lowest BCUT2D eigenvalue weighted by Crippen LogP contribution is -2.23. The van der Waals surface area contributed by atoms with Gasteiger partial charge >= 0.3 is 0 Å². The zero-order valence-electron chi connectivity index (χ0n) is 14.7. The second kappa shape index (κ2) is 7.55. The number of aromatic nitrogens is 1. The molecule has 0 aliphatic rings. The molecule has 2 aromatic carbocycles. The van der Waals surface area contributed by atoms with Gasteiger partial charge in [-0.05, 0) is 31.5 Å². The van der Waals surface area contributed by atoms with Crippen molar-refractivity contribution in [3.63, 3.8) is 0 Å². The van der Waals surface area contributed by atoms with Crippen LogP contribution >= 0.6 is 11.3 Å². The summed E-state index contributed by atoms with van der Waals surface area (Å²) in [5.74, 6) is 0. The second-order valence-electron chi connectivity index (χ2n) is 5.92. The van der Waals surface area contributed by atoms with Gasteiger partial charge < -0.3 is 0 Å². The van der Waals surface area contributed by atoms with Crippen molar-refractivity contribution in [3.05, 3.63) is 74.8 Å². The fourth-order valence-electron chi connectivity index (χ4n) is 2.51. The highest BCUT2D eigenvalue weighted by Gasteiger charge is 2.18. The minimum Gasteiger partial charge on any atom is -0.258 e. The van der Waals surface area contributed by atoms with Crippen molar-refractivity contribution in [1.82, 2.24) is 9.71 Å². The zero-order valence-corrected chi connectivity index (χ0v) is 16.3. The topological polar surface area (TPSA) is 102 Å². The molecule has 1 aromatic heterocycles. The largest absolute Gasteiger partial charge is 0.269 e. The number of nitrogens with zero attached hydrogens (tertiary/aromatic N) is 2. The van der Waals surface area contributed by atoms with E-state index in [2.05, 4.69) is 9.71 Å². The third-order valence-corrected chi connectivity index (χ3v) is 6.66. The third-order valence-electron chi connectivity index (χ3n) is 4.05. The van der Waals surface area contributed by atoms with Gasteiger partial charge in [-0.25, -0.2) is 18.1 Å². The van der Waals surface area contributed by atoms with E-state index in [4.69, 9.17) is 0 Å². The first-order valence-electron chi connectivity index (χ1n) is 8.04. The van der Waals surface area contributed by atoms with Gasteiger partial charge in [-0.1, -0.05) is 24.3 Å². The fourth-order valence-corrected chi connectivity index (χ4v) is 4.69. The van der Waals surface area contributed by atoms with Crippen molar-refractivity contribution < 1.29 is 13.3 Å². The van der Waals surface area contributed by atoms with Gasteiger partial charge in [0.1, 0.15) is 5.01 Å². The Morgan fingerprint density at radius 1 is 1.11 bits per heavy atom. The molecule has 0 aliphatic carbocycles. The molecule has 7 nitrogen and oxygen atoms in total. The van der Waals surface area contributed by atoms with E-state index in [9.17, 15) is 18.5 Å². The number of benzene rings is 2. The van der Waals surface area contributed by atoms with Crippen LogP contribution in [-0.2, 0) is 16.6 Å². The molecular formula is C18H17N3O4S2. The summed E-state index contributed by atoms with van der Waals surface area (Å²) in [5.41, 5.74) is 2.74. The lowest BCUT2D eigenvalue weighted by molar-refractivity contribution is -0.384. The van der Waals surface area contributed by atoms with Crippen molar-refractivity contribution in [2.24, 2.45) is 0 Å². The predicted molar refractivity (Wildman–Crippen MR) is 104 cm³/mol. The number of hydrogen-bond donors (Lipinski definition) is 1. The standard InChI is InChI=1S/C18H17N3O4S2/c1-12-5-3-4-6-16(12)18-20-13(2)17(26-18)11-19-27(24,25)15-9-7-14(8-10-15)21(22)23/h3-10,19H,11H2,1-2H3. The summed E-state index contributed by atoms with van der Waals surface area (Å²) in [6, 6.07) is 12.7. The molecule has 1 N–H and O–H groups in total. The lowest BCUT2D eigenvalue weighted by Gasteiger charge is -2.05. The third kappa shape index (κ3) is 4.21. The normalized spacial score (nSPS) is 11.5. The van der Waals surface area contributed by atoms with Crippen LogP contribution in [-0.4, -0.2) is 18.3 Å². The monoisotopic (exact) mass is 403 g/mol. The molecule has 140 valence electrons. The Kier molecular flexibility index (Phi) is 5.36. The Morgan fingerprint density at radius 3 is 2.41 bits per heavy atom. The van der Waals surface area contributed by atoms with Crippen molar-refractivity contribution in [2.75, 3.05) is 0 Å². The molecular weight excluding hydrogens is 386 g/mol. The van der Waals surface area contributed by atoms with E-state index in [-0.39, 0.29) is 17.1 Å². The Bertz CT molecular complexity index is 1090. The number of hydrogen-bond acceptors (Lipinski definition) is 6. The smallest absolute Gasteiger partial charge is 0.258 e. The first-order valence-corrected chi connectivity index (χ1v) is 10.3. The van der Waals surface area contributed by atoms with E-state index in [1.54, 1.807) is 0 Å². The average molecular weight is 403 g/mol. The van der Waals surface area contributed by atoms with E-state index < -0.39 is 14.9 Å². The van der Waals surface area contributed by atoms with Gasteiger partial charge in [0.25, 0.3) is 5.69 Å². The number of aryl methyl sites for hydroxylation is 2. The number of nitro groups is 1. The molecule has 3 aromatic rings.